The molecule has 0 unspecified atom stereocenters. The topological polar surface area (TPSA) is 107 Å². The van der Waals surface area contributed by atoms with Crippen LogP contribution >= 0.6 is 0 Å². The summed E-state index contributed by atoms with van der Waals surface area (Å²) in [5.41, 5.74) is 8.00. The molecule has 2 rings (SSSR count). The predicted octanol–water partition coefficient (Wildman–Crippen LogP) is 3.57. The Kier molecular flexibility index (Phi) is 5.10. The third kappa shape index (κ3) is 5.09. The summed E-state index contributed by atoms with van der Waals surface area (Å²) < 4.78 is 106. The molecular formula is C14H11F6N3O3S. The van der Waals surface area contributed by atoms with Gasteiger partial charge in [-0.25, -0.2) is 8.42 Å². The number of sulfonamides is 1. The van der Waals surface area contributed by atoms with Gasteiger partial charge in [-0.15, -0.1) is 13.2 Å². The summed E-state index contributed by atoms with van der Waals surface area (Å²) in [7, 11) is -4.78. The fourth-order valence-corrected chi connectivity index (χ4v) is 3.29. The van der Waals surface area contributed by atoms with E-state index in [0.717, 1.165) is 24.3 Å². The highest BCUT2D eigenvalue weighted by Crippen LogP contribution is 2.38. The van der Waals surface area contributed by atoms with Crippen LogP contribution in [0.4, 0.5) is 43.4 Å². The minimum absolute atomic E-state index is 0.298. The van der Waals surface area contributed by atoms with Gasteiger partial charge in [-0.05, 0) is 36.4 Å². The number of nitrogen functional groups attached to an aromatic ring is 2. The average Bonchev–Trinajstić information content (AvgIpc) is 2.48. The SMILES string of the molecule is Nc1cc(C(F)(F)F)c(S(=O)(=O)Nc2ccc(OC(F)(F)F)cc2)cc1N. The van der Waals surface area contributed by atoms with E-state index in [1.54, 1.807) is 0 Å². The first-order valence-electron chi connectivity index (χ1n) is 6.84. The van der Waals surface area contributed by atoms with E-state index >= 15 is 0 Å². The van der Waals surface area contributed by atoms with Crippen LogP contribution in [0.2, 0.25) is 0 Å². The molecule has 13 heteroatoms. The maximum absolute atomic E-state index is 13.1. The molecule has 0 bridgehead atoms. The lowest BCUT2D eigenvalue weighted by atomic mass is 10.1. The second kappa shape index (κ2) is 6.72. The maximum atomic E-state index is 13.1. The average molecular weight is 415 g/mol. The lowest BCUT2D eigenvalue weighted by Crippen LogP contribution is -2.20. The molecule has 0 aliphatic rings. The van der Waals surface area contributed by atoms with Crippen LogP contribution in [-0.4, -0.2) is 14.8 Å². The smallest absolute Gasteiger partial charge is 0.406 e. The number of ether oxygens (including phenoxy) is 1. The van der Waals surface area contributed by atoms with Gasteiger partial charge >= 0.3 is 12.5 Å². The number of halogens is 6. The van der Waals surface area contributed by atoms with Crippen LogP contribution < -0.4 is 20.9 Å². The van der Waals surface area contributed by atoms with Crippen molar-refractivity contribution >= 4 is 27.1 Å². The highest BCUT2D eigenvalue weighted by Gasteiger charge is 2.38. The van der Waals surface area contributed by atoms with E-state index in [2.05, 4.69) is 4.74 Å². The van der Waals surface area contributed by atoms with Gasteiger partial charge in [-0.2, -0.15) is 13.2 Å². The fourth-order valence-electron chi connectivity index (χ4n) is 1.99. The lowest BCUT2D eigenvalue weighted by Gasteiger charge is -2.16. The third-order valence-electron chi connectivity index (χ3n) is 3.12. The highest BCUT2D eigenvalue weighted by molar-refractivity contribution is 7.92. The highest BCUT2D eigenvalue weighted by atomic mass is 32.2. The van der Waals surface area contributed by atoms with Gasteiger partial charge in [-0.3, -0.25) is 4.72 Å². The van der Waals surface area contributed by atoms with Crippen LogP contribution in [-0.2, 0) is 16.2 Å². The zero-order chi connectivity index (χ0) is 20.6. The van der Waals surface area contributed by atoms with E-state index in [1.165, 1.54) is 0 Å². The molecule has 0 spiro atoms. The molecule has 2 aromatic rings. The molecule has 2 aromatic carbocycles. The van der Waals surface area contributed by atoms with Crippen molar-refractivity contribution in [1.29, 1.82) is 0 Å². The summed E-state index contributed by atoms with van der Waals surface area (Å²) in [6.45, 7) is 0. The van der Waals surface area contributed by atoms with E-state index in [1.807, 2.05) is 4.72 Å². The number of alkyl halides is 6. The molecule has 0 aliphatic heterocycles. The molecule has 0 fully saturated rings. The molecule has 5 N–H and O–H groups in total. The van der Waals surface area contributed by atoms with E-state index in [9.17, 15) is 34.8 Å². The molecule has 148 valence electrons. The first-order valence-corrected chi connectivity index (χ1v) is 8.32. The normalized spacial score (nSPS) is 12.7. The molecule has 0 atom stereocenters. The quantitative estimate of drug-likeness (QED) is 0.523. The number of hydrogen-bond donors (Lipinski definition) is 3. The van der Waals surface area contributed by atoms with Crippen LogP contribution in [0.25, 0.3) is 0 Å². The first-order chi connectivity index (χ1) is 12.2. The van der Waals surface area contributed by atoms with E-state index in [-0.39, 0.29) is 5.69 Å². The monoisotopic (exact) mass is 415 g/mol. The van der Waals surface area contributed by atoms with Crippen molar-refractivity contribution in [3.63, 3.8) is 0 Å². The molecule has 6 nitrogen and oxygen atoms in total. The lowest BCUT2D eigenvalue weighted by molar-refractivity contribution is -0.274. The van der Waals surface area contributed by atoms with Crippen molar-refractivity contribution in [2.45, 2.75) is 17.4 Å². The van der Waals surface area contributed by atoms with Gasteiger partial charge in [0.25, 0.3) is 10.0 Å². The van der Waals surface area contributed by atoms with Gasteiger partial charge in [0.2, 0.25) is 0 Å². The Morgan fingerprint density at radius 1 is 0.889 bits per heavy atom. The van der Waals surface area contributed by atoms with Crippen molar-refractivity contribution in [3.05, 3.63) is 42.0 Å². The van der Waals surface area contributed by atoms with E-state index in [4.69, 9.17) is 11.5 Å². The number of benzene rings is 2. The van der Waals surface area contributed by atoms with Gasteiger partial charge in [0.05, 0.1) is 16.9 Å². The van der Waals surface area contributed by atoms with Crippen molar-refractivity contribution in [1.82, 2.24) is 0 Å². The zero-order valence-corrected chi connectivity index (χ0v) is 13.8. The molecule has 0 amide bonds. The molecule has 0 radical (unpaired) electrons. The Balaban J connectivity index is 2.39. The fraction of sp³-hybridized carbons (Fsp3) is 0.143. The molecule has 0 heterocycles. The zero-order valence-electron chi connectivity index (χ0n) is 13.0. The maximum Gasteiger partial charge on any atom is 0.573 e. The molecule has 0 saturated carbocycles. The molecule has 0 saturated heterocycles. The number of anilines is 3. The summed E-state index contributed by atoms with van der Waals surface area (Å²) >= 11 is 0. The number of hydrogen-bond acceptors (Lipinski definition) is 5. The van der Waals surface area contributed by atoms with Crippen LogP contribution in [0, 0.1) is 0 Å². The van der Waals surface area contributed by atoms with E-state index < -0.39 is 50.1 Å². The predicted molar refractivity (Wildman–Crippen MR) is 84.2 cm³/mol. The van der Waals surface area contributed by atoms with Crippen molar-refractivity contribution in [2.24, 2.45) is 0 Å². The Labute approximate surface area is 148 Å². The van der Waals surface area contributed by atoms with Gasteiger partial charge in [0.1, 0.15) is 10.6 Å². The summed E-state index contributed by atoms with van der Waals surface area (Å²) in [6, 6.07) is 4.26. The number of rotatable bonds is 4. The van der Waals surface area contributed by atoms with E-state index in [0.29, 0.717) is 12.1 Å². The first kappa shape index (κ1) is 20.5. The van der Waals surface area contributed by atoms with Crippen LogP contribution in [0.5, 0.6) is 5.75 Å². The van der Waals surface area contributed by atoms with Crippen LogP contribution in [0.15, 0.2) is 41.3 Å². The molecule has 27 heavy (non-hydrogen) atoms. The minimum atomic E-state index is -5.05. The summed E-state index contributed by atoms with van der Waals surface area (Å²) in [4.78, 5) is -1.18. The van der Waals surface area contributed by atoms with Crippen molar-refractivity contribution in [2.75, 3.05) is 16.2 Å². The van der Waals surface area contributed by atoms with Gasteiger partial charge in [0, 0.05) is 5.69 Å². The summed E-state index contributed by atoms with van der Waals surface area (Å²) in [5, 5.41) is 0. The van der Waals surface area contributed by atoms with Crippen LogP contribution in [0.3, 0.4) is 0 Å². The Hall–Kier alpha value is -2.83. The molecule has 0 aromatic heterocycles. The van der Waals surface area contributed by atoms with Crippen molar-refractivity contribution < 1.29 is 39.5 Å². The second-order valence-electron chi connectivity index (χ2n) is 5.15. The minimum Gasteiger partial charge on any atom is -0.406 e. The standard InChI is InChI=1S/C14H11F6N3O3S/c15-13(16,17)9-5-10(21)11(22)6-12(9)27(24,25)23-7-1-3-8(4-2-7)26-14(18,19)20/h1-6,23H,21-22H2. The number of nitrogens with two attached hydrogens (primary N) is 2. The second-order valence-corrected chi connectivity index (χ2v) is 6.80. The third-order valence-corrected chi connectivity index (χ3v) is 4.54. The van der Waals surface area contributed by atoms with Gasteiger partial charge in [-0.1, -0.05) is 0 Å². The molecule has 0 aliphatic carbocycles. The Morgan fingerprint density at radius 2 is 1.41 bits per heavy atom. The number of nitrogens with one attached hydrogen (secondary N) is 1. The summed E-state index contributed by atoms with van der Waals surface area (Å²) in [5.74, 6) is -0.641. The Morgan fingerprint density at radius 3 is 1.89 bits per heavy atom. The van der Waals surface area contributed by atoms with Crippen LogP contribution in [0.1, 0.15) is 5.56 Å². The Bertz CT molecular complexity index is 940. The van der Waals surface area contributed by atoms with Crippen molar-refractivity contribution in [3.8, 4) is 5.75 Å². The molecular weight excluding hydrogens is 404 g/mol. The van der Waals surface area contributed by atoms with Gasteiger partial charge < -0.3 is 16.2 Å². The van der Waals surface area contributed by atoms with Gasteiger partial charge in [0.15, 0.2) is 0 Å². The summed E-state index contributed by atoms with van der Waals surface area (Å²) in [6.07, 6.45) is -10.00. The largest absolute Gasteiger partial charge is 0.573 e.